The van der Waals surface area contributed by atoms with E-state index in [1.165, 1.54) is 0 Å². The molecule has 13 heavy (non-hydrogen) atoms. The number of carboxylic acid groups (broad SMARTS) is 1. The highest BCUT2D eigenvalue weighted by molar-refractivity contribution is 5.92. The van der Waals surface area contributed by atoms with Crippen LogP contribution < -0.4 is 0 Å². The fourth-order valence-corrected chi connectivity index (χ4v) is 1.35. The molecule has 0 fully saturated rings. The Labute approximate surface area is 74.5 Å². The molecule has 1 N–H and O–H groups in total. The molecule has 0 atom stereocenters. The fourth-order valence-electron chi connectivity index (χ4n) is 1.35. The Hall–Kier alpha value is -1.65. The van der Waals surface area contributed by atoms with Crippen molar-refractivity contribution in [3.05, 3.63) is 33.0 Å². The average molecular weight is 183 g/mol. The van der Waals surface area contributed by atoms with Crippen LogP contribution in [0.25, 0.3) is 0 Å². The van der Waals surface area contributed by atoms with E-state index in [2.05, 4.69) is 0 Å². The molecule has 0 aliphatic heterocycles. The zero-order chi connectivity index (χ0) is 10.0. The van der Waals surface area contributed by atoms with Crippen LogP contribution in [0.3, 0.4) is 0 Å². The summed E-state index contributed by atoms with van der Waals surface area (Å²) in [6, 6.07) is 0. The Bertz CT molecular complexity index is 327. The Morgan fingerprint density at radius 2 is 2.31 bits per heavy atom. The van der Waals surface area contributed by atoms with Gasteiger partial charge in [0.25, 0.3) is 5.70 Å². The molecule has 0 aromatic carbocycles. The van der Waals surface area contributed by atoms with E-state index in [1.54, 1.807) is 13.0 Å². The topological polar surface area (TPSA) is 80.4 Å². The Balaban J connectivity index is 3.21. The number of allylic oxidation sites excluding steroid dienone is 2. The van der Waals surface area contributed by atoms with Gasteiger partial charge in [-0.2, -0.15) is 0 Å². The first kappa shape index (κ1) is 9.44. The number of carboxylic acids is 1. The molecular formula is C8H9NO4. The SMILES string of the molecule is CC1=CCCC([N+](=O)[O-])=C1C(=O)O. The van der Waals surface area contributed by atoms with Crippen LogP contribution in [0.15, 0.2) is 22.9 Å². The number of rotatable bonds is 2. The summed E-state index contributed by atoms with van der Waals surface area (Å²) in [5.74, 6) is -1.22. The standard InChI is InChI=1S/C8H9NO4/c1-5-3-2-4-6(9(12)13)7(5)8(10)11/h3H,2,4H2,1H3,(H,10,11). The fraction of sp³-hybridized carbons (Fsp3) is 0.375. The van der Waals surface area contributed by atoms with Crippen molar-refractivity contribution in [1.29, 1.82) is 0 Å². The van der Waals surface area contributed by atoms with Gasteiger partial charge < -0.3 is 5.11 Å². The third-order valence-electron chi connectivity index (χ3n) is 1.95. The van der Waals surface area contributed by atoms with Crippen LogP contribution >= 0.6 is 0 Å². The molecule has 70 valence electrons. The normalized spacial score (nSPS) is 16.8. The average Bonchev–Trinajstić information content (AvgIpc) is 2.02. The summed E-state index contributed by atoms with van der Waals surface area (Å²) in [4.78, 5) is 20.5. The van der Waals surface area contributed by atoms with Crippen molar-refractivity contribution in [2.45, 2.75) is 19.8 Å². The Kier molecular flexibility index (Phi) is 2.46. The van der Waals surface area contributed by atoms with Crippen molar-refractivity contribution in [2.75, 3.05) is 0 Å². The third-order valence-corrected chi connectivity index (χ3v) is 1.95. The molecule has 0 bridgehead atoms. The van der Waals surface area contributed by atoms with Crippen molar-refractivity contribution in [3.8, 4) is 0 Å². The van der Waals surface area contributed by atoms with Gasteiger partial charge in [0.1, 0.15) is 5.57 Å². The second-order valence-electron chi connectivity index (χ2n) is 2.81. The van der Waals surface area contributed by atoms with Crippen molar-refractivity contribution in [1.82, 2.24) is 0 Å². The summed E-state index contributed by atoms with van der Waals surface area (Å²) >= 11 is 0. The summed E-state index contributed by atoms with van der Waals surface area (Å²) < 4.78 is 0. The molecule has 0 aromatic heterocycles. The van der Waals surface area contributed by atoms with Crippen LogP contribution in [0, 0.1) is 10.1 Å². The minimum atomic E-state index is -1.22. The molecule has 0 saturated heterocycles. The van der Waals surface area contributed by atoms with E-state index >= 15 is 0 Å². The number of aliphatic carboxylic acids is 1. The van der Waals surface area contributed by atoms with Crippen molar-refractivity contribution >= 4 is 5.97 Å². The molecule has 1 aliphatic carbocycles. The van der Waals surface area contributed by atoms with Gasteiger partial charge in [-0.3, -0.25) is 10.1 Å². The van der Waals surface area contributed by atoms with Gasteiger partial charge in [0.05, 0.1) is 4.92 Å². The quantitative estimate of drug-likeness (QED) is 0.517. The van der Waals surface area contributed by atoms with Crippen LogP contribution in [-0.2, 0) is 4.79 Å². The van der Waals surface area contributed by atoms with Gasteiger partial charge in [0.15, 0.2) is 0 Å². The largest absolute Gasteiger partial charge is 0.477 e. The van der Waals surface area contributed by atoms with Gasteiger partial charge in [-0.25, -0.2) is 4.79 Å². The molecule has 0 radical (unpaired) electrons. The highest BCUT2D eigenvalue weighted by atomic mass is 16.6. The number of hydrogen-bond donors (Lipinski definition) is 1. The molecule has 5 heteroatoms. The van der Waals surface area contributed by atoms with Crippen molar-refractivity contribution in [2.24, 2.45) is 0 Å². The lowest BCUT2D eigenvalue weighted by atomic mass is 9.96. The molecule has 1 aliphatic rings. The van der Waals surface area contributed by atoms with Gasteiger partial charge in [-0.1, -0.05) is 6.08 Å². The molecule has 0 unspecified atom stereocenters. The number of carbonyl (C=O) groups is 1. The zero-order valence-electron chi connectivity index (χ0n) is 7.11. The summed E-state index contributed by atoms with van der Waals surface area (Å²) in [7, 11) is 0. The predicted octanol–water partition coefficient (Wildman–Crippen LogP) is 1.34. The predicted molar refractivity (Wildman–Crippen MR) is 44.6 cm³/mol. The Morgan fingerprint density at radius 1 is 1.69 bits per heavy atom. The second kappa shape index (κ2) is 3.38. The minimum absolute atomic E-state index is 0.156. The van der Waals surface area contributed by atoms with Crippen LogP contribution in [0.5, 0.6) is 0 Å². The second-order valence-corrected chi connectivity index (χ2v) is 2.81. The molecule has 0 spiro atoms. The first-order valence-corrected chi connectivity index (χ1v) is 3.82. The molecule has 0 aromatic rings. The lowest BCUT2D eigenvalue weighted by Gasteiger charge is -2.09. The molecular weight excluding hydrogens is 174 g/mol. The van der Waals surface area contributed by atoms with Crippen LogP contribution in [-0.4, -0.2) is 16.0 Å². The summed E-state index contributed by atoms with van der Waals surface area (Å²) in [6.07, 6.45) is 2.45. The van der Waals surface area contributed by atoms with E-state index in [0.29, 0.717) is 12.0 Å². The molecule has 5 nitrogen and oxygen atoms in total. The van der Waals surface area contributed by atoms with E-state index in [1.807, 2.05) is 0 Å². The minimum Gasteiger partial charge on any atom is -0.477 e. The van der Waals surface area contributed by atoms with E-state index in [-0.39, 0.29) is 17.7 Å². The van der Waals surface area contributed by atoms with Crippen LogP contribution in [0.1, 0.15) is 19.8 Å². The van der Waals surface area contributed by atoms with Crippen molar-refractivity contribution in [3.63, 3.8) is 0 Å². The molecule has 0 saturated carbocycles. The van der Waals surface area contributed by atoms with Gasteiger partial charge in [0, 0.05) is 6.42 Å². The first-order valence-electron chi connectivity index (χ1n) is 3.82. The summed E-state index contributed by atoms with van der Waals surface area (Å²) in [5, 5.41) is 19.2. The smallest absolute Gasteiger partial charge is 0.342 e. The number of hydrogen-bond acceptors (Lipinski definition) is 3. The summed E-state index contributed by atoms with van der Waals surface area (Å²) in [6.45, 7) is 1.58. The lowest BCUT2D eigenvalue weighted by molar-refractivity contribution is -0.428. The monoisotopic (exact) mass is 183 g/mol. The summed E-state index contributed by atoms with van der Waals surface area (Å²) in [5.41, 5.74) is 0.134. The van der Waals surface area contributed by atoms with Gasteiger partial charge in [0.2, 0.25) is 0 Å². The van der Waals surface area contributed by atoms with E-state index in [4.69, 9.17) is 5.11 Å². The van der Waals surface area contributed by atoms with Gasteiger partial charge >= 0.3 is 5.97 Å². The van der Waals surface area contributed by atoms with Crippen molar-refractivity contribution < 1.29 is 14.8 Å². The lowest BCUT2D eigenvalue weighted by Crippen LogP contribution is -2.14. The van der Waals surface area contributed by atoms with E-state index in [0.717, 1.165) is 0 Å². The highest BCUT2D eigenvalue weighted by Crippen LogP contribution is 2.25. The van der Waals surface area contributed by atoms with E-state index in [9.17, 15) is 14.9 Å². The number of nitro groups is 1. The molecule has 1 rings (SSSR count). The van der Waals surface area contributed by atoms with Crippen LogP contribution in [0.4, 0.5) is 0 Å². The maximum atomic E-state index is 10.7. The number of nitrogens with zero attached hydrogens (tertiary/aromatic N) is 1. The maximum absolute atomic E-state index is 10.7. The maximum Gasteiger partial charge on any atom is 0.342 e. The first-order chi connectivity index (χ1) is 6.04. The van der Waals surface area contributed by atoms with Crippen LogP contribution in [0.2, 0.25) is 0 Å². The molecule has 0 amide bonds. The van der Waals surface area contributed by atoms with E-state index < -0.39 is 10.9 Å². The highest BCUT2D eigenvalue weighted by Gasteiger charge is 2.27. The Morgan fingerprint density at radius 3 is 2.69 bits per heavy atom. The molecule has 0 heterocycles. The van der Waals surface area contributed by atoms with Gasteiger partial charge in [-0.15, -0.1) is 0 Å². The van der Waals surface area contributed by atoms with Gasteiger partial charge in [-0.05, 0) is 18.9 Å². The zero-order valence-corrected chi connectivity index (χ0v) is 7.11. The third kappa shape index (κ3) is 1.74.